The fourth-order valence-electron chi connectivity index (χ4n) is 4.43. The Morgan fingerprint density at radius 1 is 1.20 bits per heavy atom. The lowest BCUT2D eigenvalue weighted by Crippen LogP contribution is -2.52. The number of carbonyl (C=O) groups excluding carboxylic acids is 1. The van der Waals surface area contributed by atoms with Crippen LogP contribution in [0.4, 0.5) is 14.5 Å². The zero-order valence-corrected chi connectivity index (χ0v) is 17.1. The number of piperidine rings is 1. The summed E-state index contributed by atoms with van der Waals surface area (Å²) in [6.07, 6.45) is 0.603. The Labute approximate surface area is 173 Å². The summed E-state index contributed by atoms with van der Waals surface area (Å²) >= 11 is 0. The maximum Gasteiger partial charge on any atom is 0.261 e. The molecule has 9 heteroatoms. The molecule has 7 nitrogen and oxygen atoms in total. The Morgan fingerprint density at radius 2 is 1.97 bits per heavy atom. The molecule has 3 heterocycles. The van der Waals surface area contributed by atoms with Crippen molar-refractivity contribution >= 4 is 22.5 Å². The van der Waals surface area contributed by atoms with Gasteiger partial charge < -0.3 is 14.7 Å². The Balaban J connectivity index is 1.43. The van der Waals surface area contributed by atoms with Gasteiger partial charge in [-0.3, -0.25) is 14.2 Å². The number of likely N-dealkylation sites (tertiary alicyclic amines) is 1. The van der Waals surface area contributed by atoms with E-state index in [4.69, 9.17) is 0 Å². The van der Waals surface area contributed by atoms with Crippen molar-refractivity contribution in [2.75, 3.05) is 51.2 Å². The maximum atomic E-state index is 12.8. The molecule has 1 unspecified atom stereocenters. The van der Waals surface area contributed by atoms with Crippen LogP contribution in [0.15, 0.2) is 29.3 Å². The van der Waals surface area contributed by atoms with E-state index in [2.05, 4.69) is 21.8 Å². The molecule has 0 aliphatic carbocycles. The Bertz CT molecular complexity index is 972. The predicted molar refractivity (Wildman–Crippen MR) is 111 cm³/mol. The first kappa shape index (κ1) is 20.7. The minimum Gasteiger partial charge on any atom is -0.368 e. The van der Waals surface area contributed by atoms with Crippen LogP contribution in [0.25, 0.3) is 10.9 Å². The number of carbonyl (C=O) groups is 1. The second kappa shape index (κ2) is 8.67. The van der Waals surface area contributed by atoms with Crippen molar-refractivity contribution in [1.29, 1.82) is 0 Å². The number of hydrogen-bond acceptors (Lipinski definition) is 5. The first-order valence-corrected chi connectivity index (χ1v) is 10.4. The van der Waals surface area contributed by atoms with Crippen LogP contribution in [0, 0.1) is 5.92 Å². The third-order valence-electron chi connectivity index (χ3n) is 6.07. The van der Waals surface area contributed by atoms with Crippen molar-refractivity contribution in [3.05, 3.63) is 34.9 Å². The summed E-state index contributed by atoms with van der Waals surface area (Å²) in [4.78, 5) is 35.8. The molecule has 2 aliphatic heterocycles. The lowest BCUT2D eigenvalue weighted by Gasteiger charge is -2.39. The van der Waals surface area contributed by atoms with Crippen LogP contribution >= 0.6 is 0 Å². The number of rotatable bonds is 4. The summed E-state index contributed by atoms with van der Waals surface area (Å²) in [5.74, 6) is 0.344. The number of alkyl halides is 2. The van der Waals surface area contributed by atoms with Crippen molar-refractivity contribution in [1.82, 2.24) is 19.4 Å². The first-order chi connectivity index (χ1) is 14.4. The van der Waals surface area contributed by atoms with Gasteiger partial charge in [-0.1, -0.05) is 0 Å². The summed E-state index contributed by atoms with van der Waals surface area (Å²) in [6.45, 7) is 3.99. The zero-order chi connectivity index (χ0) is 21.3. The molecule has 4 rings (SSSR count). The third kappa shape index (κ3) is 4.30. The van der Waals surface area contributed by atoms with Crippen LogP contribution in [0.1, 0.15) is 12.8 Å². The summed E-state index contributed by atoms with van der Waals surface area (Å²) in [6, 6.07) is 5.29. The van der Waals surface area contributed by atoms with Gasteiger partial charge in [-0.15, -0.1) is 0 Å². The highest BCUT2D eigenvalue weighted by Gasteiger charge is 2.30. The van der Waals surface area contributed by atoms with Crippen LogP contribution in [0.3, 0.4) is 0 Å². The summed E-state index contributed by atoms with van der Waals surface area (Å²) in [7, 11) is 2.06. The van der Waals surface area contributed by atoms with Crippen LogP contribution in [-0.2, 0) is 11.3 Å². The molecule has 0 spiro atoms. The topological polar surface area (TPSA) is 61.7 Å². The quantitative estimate of drug-likeness (QED) is 0.754. The molecule has 0 radical (unpaired) electrons. The number of halogens is 2. The normalized spacial score (nSPS) is 20.9. The van der Waals surface area contributed by atoms with Crippen LogP contribution < -0.4 is 10.5 Å². The van der Waals surface area contributed by atoms with E-state index in [1.165, 1.54) is 6.33 Å². The molecule has 1 aromatic carbocycles. The summed E-state index contributed by atoms with van der Waals surface area (Å²) in [5, 5.41) is 0.331. The van der Waals surface area contributed by atoms with Gasteiger partial charge in [0.1, 0.15) is 0 Å². The standard InChI is InChI=1S/C21H27F2N5O2/c1-25-6-2-3-15(12-25)20(29)27-9-7-26(8-10-27)16-4-5-17-18(11-16)24-14-28(21(17)30)13-19(22)23/h4-5,11,14-15,19H,2-3,6-10,12-13H2,1H3. The van der Waals surface area contributed by atoms with Crippen molar-refractivity contribution in [3.8, 4) is 0 Å². The van der Waals surface area contributed by atoms with E-state index in [1.54, 1.807) is 6.07 Å². The zero-order valence-electron chi connectivity index (χ0n) is 17.1. The first-order valence-electron chi connectivity index (χ1n) is 10.4. The van der Waals surface area contributed by atoms with Crippen molar-refractivity contribution < 1.29 is 13.6 Å². The van der Waals surface area contributed by atoms with Gasteiger partial charge in [-0.05, 0) is 44.6 Å². The molecular formula is C21H27F2N5O2. The highest BCUT2D eigenvalue weighted by atomic mass is 19.3. The number of anilines is 1. The van der Waals surface area contributed by atoms with Gasteiger partial charge >= 0.3 is 0 Å². The molecule has 2 saturated heterocycles. The molecule has 2 aromatic rings. The lowest BCUT2D eigenvalue weighted by molar-refractivity contribution is -0.137. The molecule has 0 saturated carbocycles. The molecule has 30 heavy (non-hydrogen) atoms. The number of piperazine rings is 1. The molecule has 1 amide bonds. The van der Waals surface area contributed by atoms with Gasteiger partial charge in [0.2, 0.25) is 5.91 Å². The van der Waals surface area contributed by atoms with E-state index in [0.29, 0.717) is 37.1 Å². The number of fused-ring (bicyclic) bond motifs is 1. The van der Waals surface area contributed by atoms with Crippen LogP contribution in [0.2, 0.25) is 0 Å². The Kier molecular flexibility index (Phi) is 5.99. The van der Waals surface area contributed by atoms with E-state index in [0.717, 1.165) is 36.2 Å². The minimum absolute atomic E-state index is 0.0931. The molecule has 1 aromatic heterocycles. The van der Waals surface area contributed by atoms with E-state index in [1.807, 2.05) is 17.0 Å². The Hall–Kier alpha value is -2.55. The molecular weight excluding hydrogens is 392 g/mol. The van der Waals surface area contributed by atoms with Gasteiger partial charge in [-0.2, -0.15) is 0 Å². The van der Waals surface area contributed by atoms with Gasteiger partial charge in [-0.25, -0.2) is 13.8 Å². The van der Waals surface area contributed by atoms with Gasteiger partial charge in [0.15, 0.2) is 0 Å². The van der Waals surface area contributed by atoms with E-state index >= 15 is 0 Å². The molecule has 0 bridgehead atoms. The smallest absolute Gasteiger partial charge is 0.261 e. The SMILES string of the molecule is CN1CCCC(C(=O)N2CCN(c3ccc4c(=O)n(CC(F)F)cnc4c3)CC2)C1. The molecule has 162 valence electrons. The number of benzene rings is 1. The summed E-state index contributed by atoms with van der Waals surface area (Å²) in [5.41, 5.74) is 0.956. The second-order valence-electron chi connectivity index (χ2n) is 8.21. The van der Waals surface area contributed by atoms with Gasteiger partial charge in [0, 0.05) is 38.4 Å². The van der Waals surface area contributed by atoms with Crippen molar-refractivity contribution in [3.63, 3.8) is 0 Å². The van der Waals surface area contributed by atoms with Gasteiger partial charge in [0.25, 0.3) is 12.0 Å². The number of nitrogens with zero attached hydrogens (tertiary/aromatic N) is 5. The molecule has 2 fully saturated rings. The fourth-order valence-corrected chi connectivity index (χ4v) is 4.43. The number of aromatic nitrogens is 2. The molecule has 0 N–H and O–H groups in total. The number of hydrogen-bond donors (Lipinski definition) is 0. The average molecular weight is 419 g/mol. The minimum atomic E-state index is -2.60. The monoisotopic (exact) mass is 419 g/mol. The Morgan fingerprint density at radius 3 is 2.67 bits per heavy atom. The third-order valence-corrected chi connectivity index (χ3v) is 6.07. The lowest BCUT2D eigenvalue weighted by atomic mass is 9.96. The van der Waals surface area contributed by atoms with Crippen molar-refractivity contribution in [2.24, 2.45) is 5.92 Å². The van der Waals surface area contributed by atoms with Crippen molar-refractivity contribution in [2.45, 2.75) is 25.8 Å². The summed E-state index contributed by atoms with van der Waals surface area (Å²) < 4.78 is 26.2. The van der Waals surface area contributed by atoms with Gasteiger partial charge in [0.05, 0.1) is 29.7 Å². The van der Waals surface area contributed by atoms with E-state index in [9.17, 15) is 18.4 Å². The average Bonchev–Trinajstić information content (AvgIpc) is 2.75. The predicted octanol–water partition coefficient (Wildman–Crippen LogP) is 1.65. The molecule has 1 atom stereocenters. The van der Waals surface area contributed by atoms with E-state index in [-0.39, 0.29) is 11.8 Å². The highest BCUT2D eigenvalue weighted by Crippen LogP contribution is 2.23. The largest absolute Gasteiger partial charge is 0.368 e. The fraction of sp³-hybridized carbons (Fsp3) is 0.571. The number of amides is 1. The maximum absolute atomic E-state index is 12.8. The van der Waals surface area contributed by atoms with Crippen LogP contribution in [-0.4, -0.2) is 78.0 Å². The highest BCUT2D eigenvalue weighted by molar-refractivity contribution is 5.82. The van der Waals surface area contributed by atoms with Crippen LogP contribution in [0.5, 0.6) is 0 Å². The molecule has 2 aliphatic rings. The second-order valence-corrected chi connectivity index (χ2v) is 8.21. The van der Waals surface area contributed by atoms with E-state index < -0.39 is 18.5 Å².